The van der Waals surface area contributed by atoms with Gasteiger partial charge < -0.3 is 33.5 Å². The van der Waals surface area contributed by atoms with Crippen LogP contribution in [-0.4, -0.2) is 58.7 Å². The first-order valence-electron chi connectivity index (χ1n) is 28.5. The molecule has 7 fully saturated rings. The average molecular weight is 1080 g/mol. The molecule has 3 aromatic rings. The molecule has 3 aromatic carbocycles. The molecule has 1 N–H and O–H groups in total. The molecule has 4 bridgehead atoms. The van der Waals surface area contributed by atoms with E-state index in [1.807, 2.05) is 68.4 Å². The molecule has 0 spiro atoms. The Balaban J connectivity index is 0.000000183. The topological polar surface area (TPSA) is 144 Å². The number of esters is 4. The predicted molar refractivity (Wildman–Crippen MR) is 314 cm³/mol. The molecule has 79 heavy (non-hydrogen) atoms. The van der Waals surface area contributed by atoms with Crippen LogP contribution >= 0.6 is 0 Å². The molecular formula is C68H90O11. The summed E-state index contributed by atoms with van der Waals surface area (Å²) in [6.45, 7) is 35.2. The van der Waals surface area contributed by atoms with E-state index in [-0.39, 0.29) is 30.2 Å². The largest absolute Gasteiger partial charge is 0.465 e. The molecule has 0 saturated heterocycles. The third-order valence-electron chi connectivity index (χ3n) is 15.9. The van der Waals surface area contributed by atoms with Gasteiger partial charge in [0, 0.05) is 35.3 Å². The summed E-state index contributed by atoms with van der Waals surface area (Å²) in [4.78, 5) is 46.6. The number of ether oxygens (including phenoxy) is 6. The average Bonchev–Trinajstić information content (AvgIpc) is 4.34. The Morgan fingerprint density at radius 1 is 0.595 bits per heavy atom. The minimum atomic E-state index is -0.570. The van der Waals surface area contributed by atoms with Crippen molar-refractivity contribution in [3.05, 3.63) is 169 Å². The van der Waals surface area contributed by atoms with Crippen LogP contribution < -0.4 is 4.74 Å². The lowest BCUT2D eigenvalue weighted by Gasteiger charge is -2.59. The normalized spacial score (nSPS) is 23.2. The van der Waals surface area contributed by atoms with Crippen LogP contribution in [0.1, 0.15) is 179 Å². The second-order valence-electron chi connectivity index (χ2n) is 23.1. The van der Waals surface area contributed by atoms with E-state index in [0.29, 0.717) is 47.2 Å². The fourth-order valence-corrected chi connectivity index (χ4v) is 12.2. The molecule has 0 radical (unpaired) electrons. The van der Waals surface area contributed by atoms with Gasteiger partial charge in [-0.3, -0.25) is 0 Å². The Hall–Kier alpha value is -6.30. The van der Waals surface area contributed by atoms with Crippen molar-refractivity contribution >= 4 is 30.0 Å². The van der Waals surface area contributed by atoms with Gasteiger partial charge in [-0.25, -0.2) is 19.2 Å². The van der Waals surface area contributed by atoms with Gasteiger partial charge >= 0.3 is 23.9 Å². The Morgan fingerprint density at radius 3 is 1.44 bits per heavy atom. The standard InChI is InChI=1S/C16H20O2.C15H18O2.C14H20O3.C12H16O2.C11H16O2/c1-12(2)15(17)18-16(10-4-5-11-16)14-8-6-13(3)7-9-14;1-12(2)14(16)17-15(10-6-7-11-15)13-8-4-3-5-9-13;1-9(2)12(15)17-14-6-10-3-11(7-14)5-13(16,4-10)8-14;1-4-11-6-8-12(9-7-11)14-10(3)13-5-2;1-4-11(7-5-6-8-11)13-10(12)9(2)3/h6-9H,1,4-5,10-11H2,2-3H3;3-5,8-9H,1,6-7,10-11H2,2H3;10-11,16H,1,3-8H2,2H3;4,6-10H,1,5H2,2-3H3;4H,1-2,5-8H2,3H3. The third-order valence-corrected chi connectivity index (χ3v) is 15.9. The highest BCUT2D eigenvalue weighted by Crippen LogP contribution is 2.59. The van der Waals surface area contributed by atoms with Gasteiger partial charge in [-0.1, -0.05) is 118 Å². The van der Waals surface area contributed by atoms with Crippen molar-refractivity contribution in [1.82, 2.24) is 0 Å². The van der Waals surface area contributed by atoms with Crippen LogP contribution in [0, 0.1) is 18.8 Å². The second kappa shape index (κ2) is 28.7. The number of hydrogen-bond donors (Lipinski definition) is 1. The summed E-state index contributed by atoms with van der Waals surface area (Å²) in [7, 11) is 0. The summed E-state index contributed by atoms with van der Waals surface area (Å²) < 4.78 is 33.2. The molecule has 0 amide bonds. The number of aliphatic hydroxyl groups is 1. The Labute approximate surface area is 472 Å². The van der Waals surface area contributed by atoms with E-state index < -0.39 is 28.0 Å². The lowest BCUT2D eigenvalue weighted by atomic mass is 9.52. The summed E-state index contributed by atoms with van der Waals surface area (Å²) >= 11 is 0. The molecular weight excluding hydrogens is 993 g/mol. The number of rotatable bonds is 16. The quantitative estimate of drug-likeness (QED) is 0.0481. The summed E-state index contributed by atoms with van der Waals surface area (Å²) in [6.07, 6.45) is 20.9. The van der Waals surface area contributed by atoms with E-state index in [1.165, 1.54) is 12.0 Å². The molecule has 3 unspecified atom stereocenters. The second-order valence-corrected chi connectivity index (χ2v) is 23.1. The van der Waals surface area contributed by atoms with Crippen LogP contribution in [0.25, 0.3) is 6.08 Å². The zero-order valence-electron chi connectivity index (χ0n) is 48.6. The highest BCUT2D eigenvalue weighted by Gasteiger charge is 2.59. The van der Waals surface area contributed by atoms with Crippen LogP contribution in [0.5, 0.6) is 5.75 Å². The maximum atomic E-state index is 11.8. The molecule has 7 aliphatic carbocycles. The van der Waals surface area contributed by atoms with E-state index in [2.05, 4.69) is 70.7 Å². The van der Waals surface area contributed by atoms with Crippen molar-refractivity contribution in [1.29, 1.82) is 0 Å². The van der Waals surface area contributed by atoms with Crippen molar-refractivity contribution in [2.45, 2.75) is 198 Å². The van der Waals surface area contributed by atoms with Gasteiger partial charge in [0.05, 0.1) is 5.60 Å². The van der Waals surface area contributed by atoms with Gasteiger partial charge in [-0.2, -0.15) is 0 Å². The molecule has 3 atom stereocenters. The Kier molecular flexibility index (Phi) is 23.1. The van der Waals surface area contributed by atoms with Crippen molar-refractivity contribution in [2.24, 2.45) is 11.8 Å². The molecule has 0 heterocycles. The fourth-order valence-electron chi connectivity index (χ4n) is 12.2. The first-order valence-corrected chi connectivity index (χ1v) is 28.5. The van der Waals surface area contributed by atoms with Gasteiger partial charge in [-0.15, -0.1) is 0 Å². The molecule has 10 rings (SSSR count). The zero-order chi connectivity index (χ0) is 58.0. The number of carbonyl (C=O) groups excluding carboxylic acids is 4. The monoisotopic (exact) mass is 1080 g/mol. The van der Waals surface area contributed by atoms with Gasteiger partial charge in [-0.05, 0) is 204 Å². The smallest absolute Gasteiger partial charge is 0.333 e. The lowest BCUT2D eigenvalue weighted by molar-refractivity contribution is -0.217. The third kappa shape index (κ3) is 18.1. The highest BCUT2D eigenvalue weighted by molar-refractivity contribution is 5.88. The van der Waals surface area contributed by atoms with Crippen molar-refractivity contribution in [2.75, 3.05) is 6.61 Å². The SMILES string of the molecule is C=C(C)C(=O)OC1(c2ccc(C)cc2)CCCC1.C=C(C)C(=O)OC1(c2ccccc2)CCCC1.C=C(C)C(=O)OC12CC3CC(CC(O)(C3)C1)C2.C=CC1(OC(=O)C(=C)C)CCCC1.C=Cc1ccc(OC(C)OCC)cc1. The number of carbonyl (C=O) groups is 4. The van der Waals surface area contributed by atoms with E-state index in [0.717, 1.165) is 125 Å². The van der Waals surface area contributed by atoms with Crippen LogP contribution in [-0.2, 0) is 54.1 Å². The number of hydrogen-bond acceptors (Lipinski definition) is 11. The van der Waals surface area contributed by atoms with Crippen LogP contribution in [0.3, 0.4) is 0 Å². The van der Waals surface area contributed by atoms with E-state index in [9.17, 15) is 24.3 Å². The first kappa shape index (κ1) is 63.5. The molecule has 0 aliphatic heterocycles. The van der Waals surface area contributed by atoms with Gasteiger partial charge in [0.2, 0.25) is 0 Å². The van der Waals surface area contributed by atoms with Crippen LogP contribution in [0.2, 0.25) is 0 Å². The summed E-state index contributed by atoms with van der Waals surface area (Å²) in [6, 6.07) is 26.1. The van der Waals surface area contributed by atoms with Crippen molar-refractivity contribution in [3.8, 4) is 5.75 Å². The van der Waals surface area contributed by atoms with E-state index >= 15 is 0 Å². The van der Waals surface area contributed by atoms with Crippen molar-refractivity contribution in [3.63, 3.8) is 0 Å². The Morgan fingerprint density at radius 2 is 1.03 bits per heavy atom. The van der Waals surface area contributed by atoms with Crippen LogP contribution in [0.4, 0.5) is 0 Å². The molecule has 7 saturated carbocycles. The van der Waals surface area contributed by atoms with Crippen LogP contribution in [0.15, 0.2) is 147 Å². The van der Waals surface area contributed by atoms with Crippen molar-refractivity contribution < 1.29 is 52.7 Å². The summed E-state index contributed by atoms with van der Waals surface area (Å²) in [5.74, 6) is 0.737. The lowest BCUT2D eigenvalue weighted by Crippen LogP contribution is -2.60. The zero-order valence-corrected chi connectivity index (χ0v) is 48.6. The number of aryl methyl sites for hydroxylation is 1. The van der Waals surface area contributed by atoms with E-state index in [4.69, 9.17) is 28.4 Å². The number of benzene rings is 3. The minimum Gasteiger partial charge on any atom is -0.465 e. The summed E-state index contributed by atoms with van der Waals surface area (Å²) in [5, 5.41) is 10.5. The summed E-state index contributed by atoms with van der Waals surface area (Å²) in [5.41, 5.74) is 4.14. The van der Waals surface area contributed by atoms with Gasteiger partial charge in [0.25, 0.3) is 0 Å². The van der Waals surface area contributed by atoms with Gasteiger partial charge in [0.1, 0.15) is 28.2 Å². The fraction of sp³-hybridized carbons (Fsp3) is 0.500. The first-order chi connectivity index (χ1) is 37.4. The minimum absolute atomic E-state index is 0.199. The Bertz CT molecular complexity index is 2570. The molecule has 11 heteroatoms. The molecule has 7 aliphatic rings. The molecule has 11 nitrogen and oxygen atoms in total. The molecule has 0 aromatic heterocycles. The van der Waals surface area contributed by atoms with E-state index in [1.54, 1.807) is 39.8 Å². The highest BCUT2D eigenvalue weighted by atomic mass is 16.7. The van der Waals surface area contributed by atoms with Gasteiger partial charge in [0.15, 0.2) is 6.29 Å². The maximum absolute atomic E-state index is 11.8. The maximum Gasteiger partial charge on any atom is 0.333 e. The predicted octanol–water partition coefficient (Wildman–Crippen LogP) is 15.3. The molecule has 428 valence electrons.